The van der Waals surface area contributed by atoms with E-state index in [0.29, 0.717) is 18.5 Å². The minimum absolute atomic E-state index is 0.190. The van der Waals surface area contributed by atoms with E-state index in [1.165, 1.54) is 12.8 Å². The molecule has 4 heterocycles. The average Bonchev–Trinajstić information content (AvgIpc) is 3.47. The third kappa shape index (κ3) is 2.95. The molecule has 0 saturated heterocycles. The minimum atomic E-state index is 0.190. The van der Waals surface area contributed by atoms with Crippen LogP contribution in [0.3, 0.4) is 0 Å². The van der Waals surface area contributed by atoms with E-state index in [9.17, 15) is 4.79 Å². The lowest BCUT2D eigenvalue weighted by Gasteiger charge is -2.24. The number of carbonyl (C=O) groups is 1. The topological polar surface area (TPSA) is 61.9 Å². The van der Waals surface area contributed by atoms with Gasteiger partial charge in [0.25, 0.3) is 5.91 Å². The molecular formula is C26H24N4O. The smallest absolute Gasteiger partial charge is 0.255 e. The van der Waals surface area contributed by atoms with Crippen molar-refractivity contribution in [2.45, 2.75) is 39.3 Å². The lowest BCUT2D eigenvalue weighted by molar-refractivity contribution is 0.0697. The summed E-state index contributed by atoms with van der Waals surface area (Å²) < 4.78 is 0. The summed E-state index contributed by atoms with van der Waals surface area (Å²) in [7, 11) is 0. The van der Waals surface area contributed by atoms with Crippen LogP contribution in [0.2, 0.25) is 0 Å². The third-order valence-corrected chi connectivity index (χ3v) is 6.83. The Kier molecular flexibility index (Phi) is 4.00. The number of hydrogen-bond acceptors (Lipinski definition) is 3. The zero-order chi connectivity index (χ0) is 21.1. The van der Waals surface area contributed by atoms with Gasteiger partial charge in [0.2, 0.25) is 0 Å². The van der Waals surface area contributed by atoms with Gasteiger partial charge in [0.1, 0.15) is 5.65 Å². The van der Waals surface area contributed by atoms with Gasteiger partial charge < -0.3 is 9.88 Å². The van der Waals surface area contributed by atoms with Crippen LogP contribution in [-0.2, 0) is 6.54 Å². The van der Waals surface area contributed by atoms with Gasteiger partial charge in [0.15, 0.2) is 0 Å². The number of hydrogen-bond donors (Lipinski definition) is 1. The molecule has 1 fully saturated rings. The summed E-state index contributed by atoms with van der Waals surface area (Å²) in [6, 6.07) is 12.7. The Morgan fingerprint density at radius 2 is 2.00 bits per heavy atom. The number of nitrogens with zero attached hydrogens (tertiary/aromatic N) is 3. The molecule has 0 spiro atoms. The Balaban J connectivity index is 1.41. The lowest BCUT2D eigenvalue weighted by atomic mass is 9.96. The number of fused-ring (bicyclic) bond motifs is 2. The number of aryl methyl sites for hydroxylation is 1. The molecule has 1 aliphatic carbocycles. The van der Waals surface area contributed by atoms with Crippen molar-refractivity contribution in [1.29, 1.82) is 0 Å². The summed E-state index contributed by atoms with van der Waals surface area (Å²) in [6.07, 6.45) is 8.16. The summed E-state index contributed by atoms with van der Waals surface area (Å²) in [4.78, 5) is 27.6. The highest BCUT2D eigenvalue weighted by Gasteiger charge is 2.39. The normalized spacial score (nSPS) is 16.7. The van der Waals surface area contributed by atoms with E-state index in [1.54, 1.807) is 6.20 Å². The van der Waals surface area contributed by atoms with Crippen molar-refractivity contribution in [1.82, 2.24) is 19.9 Å². The van der Waals surface area contributed by atoms with Crippen LogP contribution in [0.1, 0.15) is 41.3 Å². The summed E-state index contributed by atoms with van der Waals surface area (Å²) >= 11 is 0. The maximum absolute atomic E-state index is 13.1. The van der Waals surface area contributed by atoms with E-state index >= 15 is 0 Å². The molecule has 154 valence electrons. The molecule has 0 radical (unpaired) electrons. The molecule has 1 aromatic carbocycles. The van der Waals surface area contributed by atoms with Gasteiger partial charge in [-0.3, -0.25) is 9.78 Å². The molecule has 1 aliphatic heterocycles. The second-order valence-corrected chi connectivity index (χ2v) is 8.88. The van der Waals surface area contributed by atoms with Gasteiger partial charge in [-0.05, 0) is 73.6 Å². The van der Waals surface area contributed by atoms with Crippen LogP contribution in [0, 0.1) is 12.8 Å². The average molecular weight is 409 g/mol. The van der Waals surface area contributed by atoms with Gasteiger partial charge in [-0.2, -0.15) is 0 Å². The predicted octanol–water partition coefficient (Wildman–Crippen LogP) is 5.35. The van der Waals surface area contributed by atoms with E-state index in [4.69, 9.17) is 0 Å². The fourth-order valence-corrected chi connectivity index (χ4v) is 4.91. The van der Waals surface area contributed by atoms with Crippen LogP contribution in [0.5, 0.6) is 0 Å². The Morgan fingerprint density at radius 1 is 1.13 bits per heavy atom. The van der Waals surface area contributed by atoms with Gasteiger partial charge in [-0.25, -0.2) is 4.98 Å². The SMILES string of the molecule is Cc1cc(-c2cnc3[nH]cc(-c4ccccn4)c3c2)cc2c1C(=O)N([C@@H](C)C1CC1)C2. The second-order valence-electron chi connectivity index (χ2n) is 8.88. The van der Waals surface area contributed by atoms with Crippen LogP contribution in [-0.4, -0.2) is 31.8 Å². The first-order valence-corrected chi connectivity index (χ1v) is 10.9. The molecule has 31 heavy (non-hydrogen) atoms. The van der Waals surface area contributed by atoms with Gasteiger partial charge in [-0.15, -0.1) is 0 Å². The summed E-state index contributed by atoms with van der Waals surface area (Å²) in [5.41, 5.74) is 8.04. The maximum Gasteiger partial charge on any atom is 0.255 e. The highest BCUT2D eigenvalue weighted by Crippen LogP contribution is 2.40. The molecule has 1 amide bonds. The van der Waals surface area contributed by atoms with E-state index in [0.717, 1.165) is 50.1 Å². The largest absolute Gasteiger partial charge is 0.345 e. The summed E-state index contributed by atoms with van der Waals surface area (Å²) in [5, 5.41) is 1.05. The van der Waals surface area contributed by atoms with Crippen LogP contribution >= 0.6 is 0 Å². The van der Waals surface area contributed by atoms with Gasteiger partial charge in [-0.1, -0.05) is 12.1 Å². The van der Waals surface area contributed by atoms with Crippen molar-refractivity contribution in [3.8, 4) is 22.4 Å². The van der Waals surface area contributed by atoms with E-state index in [-0.39, 0.29) is 5.91 Å². The molecule has 2 aliphatic rings. The summed E-state index contributed by atoms with van der Waals surface area (Å²) in [5.74, 6) is 0.860. The van der Waals surface area contributed by atoms with E-state index in [1.807, 2.05) is 37.5 Å². The monoisotopic (exact) mass is 408 g/mol. The van der Waals surface area contributed by atoms with Crippen molar-refractivity contribution < 1.29 is 4.79 Å². The van der Waals surface area contributed by atoms with E-state index < -0.39 is 0 Å². The predicted molar refractivity (Wildman–Crippen MR) is 122 cm³/mol. The zero-order valence-corrected chi connectivity index (χ0v) is 17.7. The molecule has 5 nitrogen and oxygen atoms in total. The van der Waals surface area contributed by atoms with Gasteiger partial charge >= 0.3 is 0 Å². The fourth-order valence-electron chi connectivity index (χ4n) is 4.91. The molecule has 3 aromatic heterocycles. The molecule has 0 bridgehead atoms. The number of aromatic amines is 1. The van der Waals surface area contributed by atoms with Crippen LogP contribution in [0.25, 0.3) is 33.4 Å². The Hall–Kier alpha value is -3.47. The molecule has 1 atom stereocenters. The lowest BCUT2D eigenvalue weighted by Crippen LogP contribution is -2.34. The molecule has 1 saturated carbocycles. The zero-order valence-electron chi connectivity index (χ0n) is 17.7. The number of nitrogens with one attached hydrogen (secondary N) is 1. The van der Waals surface area contributed by atoms with Crippen molar-refractivity contribution in [2.24, 2.45) is 5.92 Å². The number of benzene rings is 1. The number of aromatic nitrogens is 3. The number of carbonyl (C=O) groups excluding carboxylic acids is 1. The van der Waals surface area contributed by atoms with Crippen molar-refractivity contribution in [2.75, 3.05) is 0 Å². The number of H-pyrrole nitrogens is 1. The highest BCUT2D eigenvalue weighted by atomic mass is 16.2. The van der Waals surface area contributed by atoms with Crippen molar-refractivity contribution >= 4 is 16.9 Å². The maximum atomic E-state index is 13.1. The van der Waals surface area contributed by atoms with Crippen LogP contribution in [0.4, 0.5) is 0 Å². The fraction of sp³-hybridized carbons (Fsp3) is 0.269. The molecule has 6 rings (SSSR count). The number of rotatable bonds is 4. The van der Waals surface area contributed by atoms with Crippen molar-refractivity contribution in [3.05, 3.63) is 71.7 Å². The Morgan fingerprint density at radius 3 is 2.77 bits per heavy atom. The van der Waals surface area contributed by atoms with E-state index in [2.05, 4.69) is 45.0 Å². The molecule has 4 aromatic rings. The number of amides is 1. The molecular weight excluding hydrogens is 384 g/mol. The first kappa shape index (κ1) is 18.3. The first-order valence-electron chi connectivity index (χ1n) is 10.9. The van der Waals surface area contributed by atoms with Gasteiger partial charge in [0.05, 0.1) is 5.69 Å². The summed E-state index contributed by atoms with van der Waals surface area (Å²) in [6.45, 7) is 4.95. The molecule has 1 N–H and O–H groups in total. The minimum Gasteiger partial charge on any atom is -0.345 e. The Labute approximate surface area is 181 Å². The molecule has 5 heteroatoms. The van der Waals surface area contributed by atoms with Gasteiger partial charge in [0, 0.05) is 53.3 Å². The van der Waals surface area contributed by atoms with Crippen LogP contribution < -0.4 is 0 Å². The number of pyridine rings is 2. The quantitative estimate of drug-likeness (QED) is 0.495. The second kappa shape index (κ2) is 6.77. The molecule has 0 unspecified atom stereocenters. The third-order valence-electron chi connectivity index (χ3n) is 6.83. The van der Waals surface area contributed by atoms with Crippen LogP contribution in [0.15, 0.2) is 55.0 Å². The van der Waals surface area contributed by atoms with Crippen molar-refractivity contribution in [3.63, 3.8) is 0 Å². The standard InChI is InChI=1S/C26H24N4O/c1-15-9-18(10-20-14-30(26(31)24(15)20)16(2)17-6-7-17)19-11-21-22(13-29-25(21)28-12-19)23-5-3-4-8-27-23/h3-5,8-13,16-17H,6-7,14H2,1-2H3,(H,28,29)/t16-/m0/s1. The highest BCUT2D eigenvalue weighted by molar-refractivity contribution is 6.01. The Bertz CT molecular complexity index is 1320. The first-order chi connectivity index (χ1) is 15.1.